The molecule has 0 saturated carbocycles. The van der Waals surface area contributed by atoms with Gasteiger partial charge >= 0.3 is 0 Å². The lowest BCUT2D eigenvalue weighted by Crippen LogP contribution is -2.61. The summed E-state index contributed by atoms with van der Waals surface area (Å²) < 4.78 is 1.19. The number of quaternary nitrogens is 1. The van der Waals surface area contributed by atoms with Crippen LogP contribution >= 0.6 is 0 Å². The molecule has 0 amide bonds. The van der Waals surface area contributed by atoms with E-state index in [1.165, 1.54) is 48.0 Å². The van der Waals surface area contributed by atoms with Crippen LogP contribution in [-0.4, -0.2) is 44.6 Å². The van der Waals surface area contributed by atoms with Gasteiger partial charge in [-0.05, 0) is 64.2 Å². The Balaban J connectivity index is 1.51. The number of pyridine rings is 1. The third-order valence-corrected chi connectivity index (χ3v) is 7.43. The number of benzene rings is 1. The Kier molecular flexibility index (Phi) is 7.36. The lowest BCUT2D eigenvalue weighted by atomic mass is 9.93. The van der Waals surface area contributed by atoms with Gasteiger partial charge in [0.15, 0.2) is 5.82 Å². The van der Waals surface area contributed by atoms with E-state index in [4.69, 9.17) is 10.7 Å². The van der Waals surface area contributed by atoms with E-state index in [1.807, 2.05) is 12.1 Å². The molecule has 2 aromatic heterocycles. The third-order valence-electron chi connectivity index (χ3n) is 7.43. The summed E-state index contributed by atoms with van der Waals surface area (Å²) in [6.07, 6.45) is 7.04. The van der Waals surface area contributed by atoms with Gasteiger partial charge in [-0.25, -0.2) is 9.97 Å². The van der Waals surface area contributed by atoms with Crippen LogP contribution < -0.4 is 11.1 Å². The van der Waals surface area contributed by atoms with Crippen LogP contribution in [0.5, 0.6) is 0 Å². The summed E-state index contributed by atoms with van der Waals surface area (Å²) in [4.78, 5) is 13.7. The van der Waals surface area contributed by atoms with Crippen LogP contribution in [0.3, 0.4) is 0 Å². The minimum Gasteiger partial charge on any atom is -0.368 e. The van der Waals surface area contributed by atoms with Crippen LogP contribution in [0.4, 0.5) is 11.8 Å². The maximum absolute atomic E-state index is 5.92. The maximum Gasteiger partial charge on any atom is 0.222 e. The molecule has 6 nitrogen and oxygen atoms in total. The van der Waals surface area contributed by atoms with Crippen LogP contribution in [0.15, 0.2) is 36.4 Å². The second-order valence-corrected chi connectivity index (χ2v) is 10.9. The lowest BCUT2D eigenvalue weighted by Gasteiger charge is -2.51. The number of unbranched alkanes of at least 4 members (excludes halogenated alkanes) is 1. The van der Waals surface area contributed by atoms with Gasteiger partial charge in [0.05, 0.1) is 24.1 Å². The molecular weight excluding hydrogens is 420 g/mol. The minimum atomic E-state index is 0.266. The van der Waals surface area contributed by atoms with Gasteiger partial charge in [0, 0.05) is 24.2 Å². The Hall–Kier alpha value is -2.73. The molecule has 0 atom stereocenters. The average molecular weight is 462 g/mol. The summed E-state index contributed by atoms with van der Waals surface area (Å²) in [6, 6.07) is 13.2. The Morgan fingerprint density at radius 1 is 0.912 bits per heavy atom. The highest BCUT2D eigenvalue weighted by molar-refractivity contribution is 5.86. The number of likely N-dealkylation sites (tertiary alicyclic amines) is 1. The van der Waals surface area contributed by atoms with Crippen molar-refractivity contribution >= 4 is 22.8 Å². The number of nitrogen functional groups attached to an aromatic ring is 1. The van der Waals surface area contributed by atoms with E-state index in [9.17, 15) is 0 Å². The first kappa shape index (κ1) is 24.4. The molecule has 1 fully saturated rings. The molecule has 3 heterocycles. The quantitative estimate of drug-likeness (QED) is 0.332. The highest BCUT2D eigenvalue weighted by Crippen LogP contribution is 2.33. The average Bonchev–Trinajstić information content (AvgIpc) is 2.81. The Labute approximate surface area is 204 Å². The number of hydrogen-bond donors (Lipinski definition) is 2. The molecule has 0 radical (unpaired) electrons. The predicted molar refractivity (Wildman–Crippen MR) is 142 cm³/mol. The number of anilines is 2. The lowest BCUT2D eigenvalue weighted by molar-refractivity contribution is -0.986. The number of aromatic nitrogens is 3. The molecule has 1 aliphatic heterocycles. The van der Waals surface area contributed by atoms with Gasteiger partial charge < -0.3 is 15.5 Å². The van der Waals surface area contributed by atoms with E-state index in [0.717, 1.165) is 54.9 Å². The molecular formula is C28H41N6+. The molecule has 1 aromatic carbocycles. The number of piperidine rings is 1. The van der Waals surface area contributed by atoms with E-state index in [1.54, 1.807) is 0 Å². The van der Waals surface area contributed by atoms with Crippen LogP contribution in [0.25, 0.3) is 11.0 Å². The Morgan fingerprint density at radius 3 is 2.29 bits per heavy atom. The van der Waals surface area contributed by atoms with Crippen LogP contribution in [0.1, 0.15) is 76.6 Å². The zero-order chi connectivity index (χ0) is 24.2. The first-order valence-corrected chi connectivity index (χ1v) is 12.9. The molecule has 3 N–H and O–H groups in total. The molecule has 34 heavy (non-hydrogen) atoms. The van der Waals surface area contributed by atoms with Crippen molar-refractivity contribution in [3.8, 4) is 0 Å². The van der Waals surface area contributed by atoms with Gasteiger partial charge in [-0.3, -0.25) is 0 Å². The fourth-order valence-corrected chi connectivity index (χ4v) is 5.18. The molecule has 6 heteroatoms. The summed E-state index contributed by atoms with van der Waals surface area (Å²) in [5, 5.41) is 3.39. The zero-order valence-corrected chi connectivity index (χ0v) is 21.4. The summed E-state index contributed by atoms with van der Waals surface area (Å²) in [5.41, 5.74) is 11.5. The van der Waals surface area contributed by atoms with Crippen molar-refractivity contribution < 1.29 is 4.48 Å². The molecule has 1 saturated heterocycles. The summed E-state index contributed by atoms with van der Waals surface area (Å²) in [6.45, 7) is 13.9. The fourth-order valence-electron chi connectivity index (χ4n) is 5.18. The molecule has 1 aliphatic rings. The van der Waals surface area contributed by atoms with Crippen molar-refractivity contribution in [1.82, 2.24) is 15.0 Å². The van der Waals surface area contributed by atoms with Crippen LogP contribution in [0.2, 0.25) is 0 Å². The van der Waals surface area contributed by atoms with Crippen molar-refractivity contribution in [3.63, 3.8) is 0 Å². The number of nitrogens with zero attached hydrogens (tertiary/aromatic N) is 4. The monoisotopic (exact) mass is 461 g/mol. The predicted octanol–water partition coefficient (Wildman–Crippen LogP) is 5.71. The second kappa shape index (κ2) is 10.3. The third kappa shape index (κ3) is 5.49. The van der Waals surface area contributed by atoms with Gasteiger partial charge in [0.25, 0.3) is 0 Å². The summed E-state index contributed by atoms with van der Waals surface area (Å²) in [7, 11) is 0. The van der Waals surface area contributed by atoms with Crippen molar-refractivity contribution in [1.29, 1.82) is 0 Å². The number of nitrogens with two attached hydrogens (primary N) is 1. The fraction of sp³-hybridized carbons (Fsp3) is 0.536. The van der Waals surface area contributed by atoms with E-state index in [0.29, 0.717) is 0 Å². The molecule has 4 rings (SSSR count). The molecule has 0 aliphatic carbocycles. The Morgan fingerprint density at radius 2 is 1.62 bits per heavy atom. The summed E-state index contributed by atoms with van der Waals surface area (Å²) >= 11 is 0. The second-order valence-electron chi connectivity index (χ2n) is 10.9. The van der Waals surface area contributed by atoms with E-state index >= 15 is 0 Å². The minimum absolute atomic E-state index is 0.266. The molecule has 0 bridgehead atoms. The topological polar surface area (TPSA) is 76.7 Å². The first-order chi connectivity index (χ1) is 16.3. The number of nitrogens with one attached hydrogen (secondary N) is 1. The van der Waals surface area contributed by atoms with Gasteiger partial charge in [-0.15, -0.1) is 0 Å². The van der Waals surface area contributed by atoms with Crippen molar-refractivity contribution in [2.24, 2.45) is 0 Å². The van der Waals surface area contributed by atoms with Gasteiger partial charge in [0.1, 0.15) is 12.1 Å². The molecule has 0 unspecified atom stereocenters. The molecule has 0 spiro atoms. The number of fused-ring (bicyclic) bond motifs is 1. The Bertz CT molecular complexity index is 1090. The van der Waals surface area contributed by atoms with Gasteiger partial charge in [-0.2, -0.15) is 4.98 Å². The van der Waals surface area contributed by atoms with E-state index in [-0.39, 0.29) is 11.5 Å². The van der Waals surface area contributed by atoms with Crippen molar-refractivity contribution in [2.45, 2.75) is 78.3 Å². The number of rotatable bonds is 8. The maximum atomic E-state index is 5.92. The largest absolute Gasteiger partial charge is 0.368 e. The van der Waals surface area contributed by atoms with Crippen molar-refractivity contribution in [2.75, 3.05) is 30.7 Å². The van der Waals surface area contributed by atoms with Crippen molar-refractivity contribution in [3.05, 3.63) is 53.2 Å². The number of hydrogen-bond acceptors (Lipinski definition) is 5. The zero-order valence-electron chi connectivity index (χ0n) is 21.4. The highest BCUT2D eigenvalue weighted by Gasteiger charge is 2.41. The molecule has 182 valence electrons. The van der Waals surface area contributed by atoms with Gasteiger partial charge in [0.2, 0.25) is 5.95 Å². The van der Waals surface area contributed by atoms with E-state index < -0.39 is 0 Å². The smallest absolute Gasteiger partial charge is 0.222 e. The first-order valence-electron chi connectivity index (χ1n) is 12.9. The van der Waals surface area contributed by atoms with Crippen LogP contribution in [0, 0.1) is 0 Å². The van der Waals surface area contributed by atoms with E-state index in [2.05, 4.69) is 67.2 Å². The summed E-state index contributed by atoms with van der Waals surface area (Å²) in [5.74, 6) is 1.01. The standard InChI is InChI=1S/C28H41N6/c1-5-6-16-30-26-25-24(32-27(29)33-26)15-14-23(31-25)19-21-10-12-22(13-11-21)20-34(28(2,3)4)17-8-7-9-18-34/h10-15H,5-9,16-20H2,1-4H3,(H3,29,30,32,33)/q+1. The normalized spacial score (nSPS) is 16.0. The molecule has 3 aromatic rings. The van der Waals surface area contributed by atoms with Crippen LogP contribution in [-0.2, 0) is 13.0 Å². The SMILES string of the molecule is CCCCNc1nc(N)nc2ccc(Cc3ccc(C[N+]4(C(C)(C)C)CCCCC4)cc3)nc12. The van der Waals surface area contributed by atoms with Gasteiger partial charge in [-0.1, -0.05) is 37.6 Å². The highest BCUT2D eigenvalue weighted by atomic mass is 15.4.